The lowest BCUT2D eigenvalue weighted by Crippen LogP contribution is -2.30. The van der Waals surface area contributed by atoms with Crippen LogP contribution in [0.3, 0.4) is 0 Å². The van der Waals surface area contributed by atoms with Crippen molar-refractivity contribution in [2.45, 2.75) is 13.5 Å². The largest absolute Gasteiger partial charge is 0.497 e. The van der Waals surface area contributed by atoms with E-state index in [-0.39, 0.29) is 30.9 Å². The van der Waals surface area contributed by atoms with Gasteiger partial charge in [-0.3, -0.25) is 9.59 Å². The Labute approximate surface area is 156 Å². The molecule has 0 aliphatic rings. The number of nitrogens with one attached hydrogen (secondary N) is 2. The van der Waals surface area contributed by atoms with Gasteiger partial charge in [-0.25, -0.2) is 4.79 Å². The van der Waals surface area contributed by atoms with Crippen molar-refractivity contribution in [3.05, 3.63) is 63.1 Å². The van der Waals surface area contributed by atoms with Crippen molar-refractivity contribution in [2.24, 2.45) is 0 Å². The number of esters is 1. The molecular weight excluding hydrogens is 352 g/mol. The molecule has 2 aromatic rings. The lowest BCUT2D eigenvalue weighted by atomic mass is 10.1. The van der Waals surface area contributed by atoms with E-state index in [0.717, 1.165) is 5.56 Å². The minimum Gasteiger partial charge on any atom is -0.497 e. The number of rotatable bonds is 8. The Hall–Kier alpha value is -3.13. The summed E-state index contributed by atoms with van der Waals surface area (Å²) in [7, 11) is 3.06. The van der Waals surface area contributed by atoms with Gasteiger partial charge in [0.15, 0.2) is 0 Å². The molecule has 0 spiro atoms. The molecule has 144 valence electrons. The number of hydrogen-bond donors (Lipinski definition) is 2. The number of carbonyl (C=O) groups excluding carboxylic acids is 2. The minimum atomic E-state index is -0.634. The zero-order chi connectivity index (χ0) is 19.8. The first-order valence-electron chi connectivity index (χ1n) is 8.27. The molecule has 1 aromatic heterocycles. The maximum absolute atomic E-state index is 12.4. The smallest absolute Gasteiger partial charge is 0.340 e. The zero-order valence-corrected chi connectivity index (χ0v) is 15.5. The quantitative estimate of drug-likeness (QED) is 0.535. The predicted octanol–water partition coefficient (Wildman–Crippen LogP) is 1.43. The molecule has 0 unspecified atom stereocenters. The summed E-state index contributed by atoms with van der Waals surface area (Å²) in [4.78, 5) is 39.1. The number of benzene rings is 1. The fourth-order valence-electron chi connectivity index (χ4n) is 2.32. The second-order valence-corrected chi connectivity index (χ2v) is 5.71. The first-order valence-corrected chi connectivity index (χ1v) is 8.27. The summed E-state index contributed by atoms with van der Waals surface area (Å²) in [6.45, 7) is 2.12. The van der Waals surface area contributed by atoms with E-state index in [4.69, 9.17) is 14.2 Å². The van der Waals surface area contributed by atoms with Crippen LogP contribution in [-0.4, -0.2) is 44.3 Å². The van der Waals surface area contributed by atoms with Crippen molar-refractivity contribution in [3.63, 3.8) is 0 Å². The van der Waals surface area contributed by atoms with Crippen LogP contribution in [0.25, 0.3) is 0 Å². The molecule has 1 heterocycles. The van der Waals surface area contributed by atoms with Gasteiger partial charge in [0.2, 0.25) is 0 Å². The number of carbonyl (C=O) groups is 2. The molecule has 0 saturated carbocycles. The Morgan fingerprint density at radius 3 is 2.41 bits per heavy atom. The van der Waals surface area contributed by atoms with Crippen LogP contribution in [0.1, 0.15) is 32.0 Å². The number of H-pyrrole nitrogens is 1. The number of pyridine rings is 1. The second-order valence-electron chi connectivity index (χ2n) is 5.71. The van der Waals surface area contributed by atoms with Crippen LogP contribution in [0.5, 0.6) is 5.75 Å². The zero-order valence-electron chi connectivity index (χ0n) is 15.5. The maximum Gasteiger partial charge on any atom is 0.340 e. The van der Waals surface area contributed by atoms with Crippen LogP contribution in [-0.2, 0) is 16.0 Å². The molecule has 0 fully saturated rings. The molecule has 0 radical (unpaired) electrons. The predicted molar refractivity (Wildman–Crippen MR) is 98.1 cm³/mol. The van der Waals surface area contributed by atoms with Crippen LogP contribution in [0.15, 0.2) is 35.1 Å². The molecule has 0 aliphatic carbocycles. The first-order chi connectivity index (χ1) is 13.0. The highest BCUT2D eigenvalue weighted by Crippen LogP contribution is 2.11. The summed E-state index contributed by atoms with van der Waals surface area (Å²) < 4.78 is 14.9. The van der Waals surface area contributed by atoms with E-state index < -0.39 is 17.4 Å². The Bertz CT molecular complexity index is 857. The third-order valence-corrected chi connectivity index (χ3v) is 3.84. The molecule has 0 aliphatic heterocycles. The molecular formula is C19H22N2O6. The summed E-state index contributed by atoms with van der Waals surface area (Å²) in [6.07, 6.45) is 0. The van der Waals surface area contributed by atoms with Crippen LogP contribution >= 0.6 is 0 Å². The molecule has 8 nitrogen and oxygen atoms in total. The van der Waals surface area contributed by atoms with Crippen molar-refractivity contribution < 1.29 is 23.8 Å². The van der Waals surface area contributed by atoms with Crippen LogP contribution in [0, 0.1) is 6.92 Å². The third kappa shape index (κ3) is 5.42. The highest BCUT2D eigenvalue weighted by Gasteiger charge is 2.18. The number of ether oxygens (including phenoxy) is 3. The molecule has 2 N–H and O–H groups in total. The molecule has 1 aromatic carbocycles. The van der Waals surface area contributed by atoms with Gasteiger partial charge in [-0.15, -0.1) is 0 Å². The second kappa shape index (κ2) is 9.54. The topological polar surface area (TPSA) is 107 Å². The molecule has 1 amide bonds. The van der Waals surface area contributed by atoms with Gasteiger partial charge < -0.3 is 24.5 Å². The van der Waals surface area contributed by atoms with Crippen molar-refractivity contribution in [1.82, 2.24) is 10.3 Å². The van der Waals surface area contributed by atoms with E-state index in [1.165, 1.54) is 13.2 Å². The summed E-state index contributed by atoms with van der Waals surface area (Å²) in [5.41, 5.74) is 0.558. The molecule has 0 atom stereocenters. The summed E-state index contributed by atoms with van der Waals surface area (Å²) in [5, 5.41) is 2.66. The van der Waals surface area contributed by atoms with Gasteiger partial charge in [0.05, 0.1) is 19.3 Å². The molecule has 0 bridgehead atoms. The summed E-state index contributed by atoms with van der Waals surface area (Å²) >= 11 is 0. The maximum atomic E-state index is 12.4. The van der Waals surface area contributed by atoms with E-state index in [9.17, 15) is 14.4 Å². The fraction of sp³-hybridized carbons (Fsp3) is 0.316. The Morgan fingerprint density at radius 2 is 1.78 bits per heavy atom. The van der Waals surface area contributed by atoms with Gasteiger partial charge in [0.25, 0.3) is 11.5 Å². The van der Waals surface area contributed by atoms with E-state index in [1.807, 2.05) is 0 Å². The van der Waals surface area contributed by atoms with E-state index in [1.54, 1.807) is 38.3 Å². The van der Waals surface area contributed by atoms with Crippen LogP contribution < -0.4 is 15.6 Å². The van der Waals surface area contributed by atoms with Crippen molar-refractivity contribution in [2.75, 3.05) is 27.4 Å². The third-order valence-electron chi connectivity index (χ3n) is 3.84. The molecule has 2 rings (SSSR count). The average molecular weight is 374 g/mol. The Kier molecular flexibility index (Phi) is 7.13. The Morgan fingerprint density at radius 1 is 1.07 bits per heavy atom. The van der Waals surface area contributed by atoms with Gasteiger partial charge in [0, 0.05) is 19.3 Å². The number of amides is 1. The van der Waals surface area contributed by atoms with Crippen LogP contribution in [0.4, 0.5) is 0 Å². The normalized spacial score (nSPS) is 10.3. The standard InChI is InChI=1S/C19H22N2O6/c1-12-15(19(24)27-9-8-25-2)10-16(18(23)21-12)17(22)20-11-13-4-6-14(26-3)7-5-13/h4-7,10H,8-9,11H2,1-3H3,(H,20,22)(H,21,23). The lowest BCUT2D eigenvalue weighted by Gasteiger charge is -2.10. The van der Waals surface area contributed by atoms with E-state index >= 15 is 0 Å². The van der Waals surface area contributed by atoms with E-state index in [2.05, 4.69) is 10.3 Å². The molecule has 0 saturated heterocycles. The molecule has 27 heavy (non-hydrogen) atoms. The highest BCUT2D eigenvalue weighted by molar-refractivity contribution is 5.98. The number of hydrogen-bond acceptors (Lipinski definition) is 6. The van der Waals surface area contributed by atoms with Gasteiger partial charge in [-0.2, -0.15) is 0 Å². The summed E-state index contributed by atoms with van der Waals surface area (Å²) in [6, 6.07) is 8.39. The first kappa shape index (κ1) is 20.2. The van der Waals surface area contributed by atoms with Gasteiger partial charge in [-0.1, -0.05) is 12.1 Å². The molecule has 8 heteroatoms. The lowest BCUT2D eigenvalue weighted by molar-refractivity contribution is 0.0386. The van der Waals surface area contributed by atoms with Crippen LogP contribution in [0.2, 0.25) is 0 Å². The minimum absolute atomic E-state index is 0.0763. The Balaban J connectivity index is 2.11. The monoisotopic (exact) mass is 374 g/mol. The van der Waals surface area contributed by atoms with Crippen molar-refractivity contribution >= 4 is 11.9 Å². The number of methoxy groups -OCH3 is 2. The van der Waals surface area contributed by atoms with E-state index in [0.29, 0.717) is 11.4 Å². The fourth-order valence-corrected chi connectivity index (χ4v) is 2.32. The van der Waals surface area contributed by atoms with Gasteiger partial charge in [-0.05, 0) is 30.7 Å². The number of aryl methyl sites for hydroxylation is 1. The highest BCUT2D eigenvalue weighted by atomic mass is 16.6. The summed E-state index contributed by atoms with van der Waals surface area (Å²) in [5.74, 6) is -0.514. The van der Waals surface area contributed by atoms with Gasteiger partial charge in [0.1, 0.15) is 17.9 Å². The SMILES string of the molecule is COCCOC(=O)c1cc(C(=O)NCc2ccc(OC)cc2)c(=O)[nH]c1C. The van der Waals surface area contributed by atoms with Gasteiger partial charge >= 0.3 is 5.97 Å². The number of aromatic nitrogens is 1. The average Bonchev–Trinajstić information content (AvgIpc) is 2.66. The number of aromatic amines is 1. The van der Waals surface area contributed by atoms with Crippen molar-refractivity contribution in [3.8, 4) is 5.75 Å². The van der Waals surface area contributed by atoms with Crippen molar-refractivity contribution in [1.29, 1.82) is 0 Å².